The lowest BCUT2D eigenvalue weighted by atomic mass is 9.89. The van der Waals surface area contributed by atoms with Gasteiger partial charge >= 0.3 is 0 Å². The van der Waals surface area contributed by atoms with Crippen LogP contribution in [-0.2, 0) is 22.4 Å². The quantitative estimate of drug-likeness (QED) is 0.870. The molecule has 1 saturated heterocycles. The summed E-state index contributed by atoms with van der Waals surface area (Å²) < 4.78 is 5.23. The highest BCUT2D eigenvalue weighted by atomic mass is 16.5. The smallest absolute Gasteiger partial charge is 0.229 e. The van der Waals surface area contributed by atoms with Crippen LogP contribution in [0.15, 0.2) is 30.6 Å². The van der Waals surface area contributed by atoms with E-state index in [2.05, 4.69) is 15.3 Å². The van der Waals surface area contributed by atoms with E-state index in [1.165, 1.54) is 0 Å². The molecule has 2 N–H and O–H groups in total. The molecule has 2 aliphatic rings. The zero-order chi connectivity index (χ0) is 18.1. The van der Waals surface area contributed by atoms with Crippen LogP contribution in [0.2, 0.25) is 0 Å². The first-order valence-corrected chi connectivity index (χ1v) is 8.90. The highest BCUT2D eigenvalue weighted by molar-refractivity contribution is 5.97. The van der Waals surface area contributed by atoms with Crippen molar-refractivity contribution in [1.29, 1.82) is 0 Å². The van der Waals surface area contributed by atoms with Crippen molar-refractivity contribution in [1.82, 2.24) is 15.3 Å². The summed E-state index contributed by atoms with van der Waals surface area (Å²) in [5.74, 6) is 0.683. The number of methoxy groups -OCH3 is 1. The van der Waals surface area contributed by atoms with Crippen LogP contribution in [0.3, 0.4) is 0 Å². The van der Waals surface area contributed by atoms with Crippen molar-refractivity contribution < 1.29 is 14.3 Å². The Morgan fingerprint density at radius 3 is 3.12 bits per heavy atom. The summed E-state index contributed by atoms with van der Waals surface area (Å²) in [4.78, 5) is 34.1. The monoisotopic (exact) mass is 354 g/mol. The molecule has 2 amide bonds. The number of amides is 2. The molecule has 1 fully saturated rings. The molecule has 136 valence electrons. The Kier molecular flexibility index (Phi) is 4.36. The SMILES string of the molecule is COc1cccc(N2C[C@H](NC(=O)[C@H]3CCc4nc[nH]c4C3)CC2=O)c1. The molecule has 2 atom stereocenters. The van der Waals surface area contributed by atoms with E-state index in [-0.39, 0.29) is 23.8 Å². The summed E-state index contributed by atoms with van der Waals surface area (Å²) >= 11 is 0. The minimum Gasteiger partial charge on any atom is -0.497 e. The summed E-state index contributed by atoms with van der Waals surface area (Å²) in [5, 5.41) is 3.06. The number of imidazole rings is 1. The second-order valence-corrected chi connectivity index (χ2v) is 6.88. The standard InChI is InChI=1S/C19H22N4O3/c1-26-15-4-2-3-14(9-15)23-10-13(8-18(23)24)22-19(25)12-5-6-16-17(7-12)21-11-20-16/h2-4,9,11-13H,5-8,10H2,1H3,(H,20,21)(H,22,25)/t12-,13+/m0/s1. The number of H-pyrrole nitrogens is 1. The highest BCUT2D eigenvalue weighted by Crippen LogP contribution is 2.27. The fraction of sp³-hybridized carbons (Fsp3) is 0.421. The van der Waals surface area contributed by atoms with Gasteiger partial charge in [0.05, 0.1) is 25.2 Å². The lowest BCUT2D eigenvalue weighted by Gasteiger charge is -2.23. The first kappa shape index (κ1) is 16.6. The molecule has 1 aromatic heterocycles. The number of anilines is 1. The molecule has 7 nitrogen and oxygen atoms in total. The molecule has 1 aliphatic heterocycles. The maximum absolute atomic E-state index is 12.6. The summed E-state index contributed by atoms with van der Waals surface area (Å²) in [6.07, 6.45) is 4.30. The second kappa shape index (κ2) is 6.82. The van der Waals surface area contributed by atoms with E-state index in [9.17, 15) is 9.59 Å². The van der Waals surface area contributed by atoms with Gasteiger partial charge in [0, 0.05) is 42.8 Å². The average Bonchev–Trinajstić information content (AvgIpc) is 3.27. The predicted octanol–water partition coefficient (Wildman–Crippen LogP) is 1.44. The van der Waals surface area contributed by atoms with E-state index < -0.39 is 0 Å². The van der Waals surface area contributed by atoms with Crippen molar-refractivity contribution in [3.63, 3.8) is 0 Å². The zero-order valence-corrected chi connectivity index (χ0v) is 14.7. The number of carbonyl (C=O) groups is 2. The number of hydrogen-bond acceptors (Lipinski definition) is 4. The van der Waals surface area contributed by atoms with Gasteiger partial charge in [0.1, 0.15) is 5.75 Å². The largest absolute Gasteiger partial charge is 0.497 e. The molecule has 7 heteroatoms. The Balaban J connectivity index is 1.39. The van der Waals surface area contributed by atoms with Gasteiger partial charge in [0.2, 0.25) is 11.8 Å². The van der Waals surface area contributed by atoms with Crippen molar-refractivity contribution in [2.24, 2.45) is 5.92 Å². The highest BCUT2D eigenvalue weighted by Gasteiger charge is 2.34. The normalized spacial score (nSPS) is 22.2. The Labute approximate surface area is 151 Å². The molecule has 0 bridgehead atoms. The van der Waals surface area contributed by atoms with Crippen LogP contribution in [0.25, 0.3) is 0 Å². The van der Waals surface area contributed by atoms with Gasteiger partial charge in [-0.1, -0.05) is 6.07 Å². The van der Waals surface area contributed by atoms with E-state index in [0.29, 0.717) is 25.1 Å². The molecule has 1 aromatic carbocycles. The third-order valence-corrected chi connectivity index (χ3v) is 5.19. The Bertz CT molecular complexity index is 832. The third kappa shape index (κ3) is 3.16. The summed E-state index contributed by atoms with van der Waals surface area (Å²) in [6, 6.07) is 7.26. The maximum Gasteiger partial charge on any atom is 0.229 e. The first-order valence-electron chi connectivity index (χ1n) is 8.90. The van der Waals surface area contributed by atoms with Crippen LogP contribution >= 0.6 is 0 Å². The third-order valence-electron chi connectivity index (χ3n) is 5.19. The van der Waals surface area contributed by atoms with Gasteiger partial charge in [0.15, 0.2) is 0 Å². The van der Waals surface area contributed by atoms with E-state index in [4.69, 9.17) is 4.74 Å². The number of nitrogens with one attached hydrogen (secondary N) is 2. The summed E-state index contributed by atoms with van der Waals surface area (Å²) in [6.45, 7) is 0.486. The van der Waals surface area contributed by atoms with E-state index >= 15 is 0 Å². The molecular weight excluding hydrogens is 332 g/mol. The van der Waals surface area contributed by atoms with Gasteiger partial charge in [-0.15, -0.1) is 0 Å². The van der Waals surface area contributed by atoms with Crippen LogP contribution in [0.1, 0.15) is 24.2 Å². The predicted molar refractivity (Wildman–Crippen MR) is 96.0 cm³/mol. The number of fused-ring (bicyclic) bond motifs is 1. The van der Waals surface area contributed by atoms with Gasteiger partial charge in [0.25, 0.3) is 0 Å². The van der Waals surface area contributed by atoms with Gasteiger partial charge in [-0.05, 0) is 25.0 Å². The number of rotatable bonds is 4. The molecule has 4 rings (SSSR count). The molecule has 0 radical (unpaired) electrons. The topological polar surface area (TPSA) is 87.3 Å². The van der Waals surface area contributed by atoms with Crippen molar-refractivity contribution in [3.8, 4) is 5.75 Å². The van der Waals surface area contributed by atoms with E-state index in [1.54, 1.807) is 18.3 Å². The second-order valence-electron chi connectivity index (χ2n) is 6.88. The molecule has 2 heterocycles. The van der Waals surface area contributed by atoms with E-state index in [0.717, 1.165) is 29.9 Å². The summed E-state index contributed by atoms with van der Waals surface area (Å²) in [5.41, 5.74) is 2.91. The number of benzene rings is 1. The molecule has 26 heavy (non-hydrogen) atoms. The molecular formula is C19H22N4O3. The molecule has 0 saturated carbocycles. The average molecular weight is 354 g/mol. The summed E-state index contributed by atoms with van der Waals surface area (Å²) in [7, 11) is 1.60. The van der Waals surface area contributed by atoms with Gasteiger partial charge in [-0.2, -0.15) is 0 Å². The van der Waals surface area contributed by atoms with Gasteiger partial charge in [-0.25, -0.2) is 4.98 Å². The van der Waals surface area contributed by atoms with Crippen LogP contribution in [0.5, 0.6) is 5.75 Å². The van der Waals surface area contributed by atoms with Crippen LogP contribution in [0.4, 0.5) is 5.69 Å². The molecule has 0 unspecified atom stereocenters. The fourth-order valence-corrected chi connectivity index (χ4v) is 3.78. The van der Waals surface area contributed by atoms with Crippen molar-refractivity contribution in [3.05, 3.63) is 42.0 Å². The van der Waals surface area contributed by atoms with Crippen molar-refractivity contribution >= 4 is 17.5 Å². The van der Waals surface area contributed by atoms with Crippen LogP contribution in [0, 0.1) is 5.92 Å². The zero-order valence-electron chi connectivity index (χ0n) is 14.7. The number of aromatic nitrogens is 2. The first-order chi connectivity index (χ1) is 12.6. The Morgan fingerprint density at radius 2 is 2.27 bits per heavy atom. The molecule has 1 aliphatic carbocycles. The minimum atomic E-state index is -0.163. The minimum absolute atomic E-state index is 0.0167. The number of ether oxygens (including phenoxy) is 1. The number of hydrogen-bond donors (Lipinski definition) is 2. The van der Waals surface area contributed by atoms with Crippen LogP contribution < -0.4 is 15.0 Å². The number of aryl methyl sites for hydroxylation is 1. The molecule has 2 aromatic rings. The van der Waals surface area contributed by atoms with Gasteiger partial charge < -0.3 is 19.9 Å². The van der Waals surface area contributed by atoms with E-state index in [1.807, 2.05) is 24.3 Å². The Hall–Kier alpha value is -2.83. The van der Waals surface area contributed by atoms with Crippen molar-refractivity contribution in [2.75, 3.05) is 18.6 Å². The number of carbonyl (C=O) groups excluding carboxylic acids is 2. The number of aromatic amines is 1. The maximum atomic E-state index is 12.6. The number of nitrogens with zero attached hydrogens (tertiary/aromatic N) is 2. The Morgan fingerprint density at radius 1 is 1.38 bits per heavy atom. The van der Waals surface area contributed by atoms with Crippen LogP contribution in [-0.4, -0.2) is 41.5 Å². The van der Waals surface area contributed by atoms with Crippen molar-refractivity contribution in [2.45, 2.75) is 31.7 Å². The van der Waals surface area contributed by atoms with Gasteiger partial charge in [-0.3, -0.25) is 9.59 Å². The molecule has 0 spiro atoms. The fourth-order valence-electron chi connectivity index (χ4n) is 3.78. The lowest BCUT2D eigenvalue weighted by molar-refractivity contribution is -0.126. The lowest BCUT2D eigenvalue weighted by Crippen LogP contribution is -2.42.